The van der Waals surface area contributed by atoms with E-state index in [1.807, 2.05) is 0 Å². The number of hydrogen-bond acceptors (Lipinski definition) is 3. The summed E-state index contributed by atoms with van der Waals surface area (Å²) in [4.78, 5) is 2.45. The van der Waals surface area contributed by atoms with Gasteiger partial charge in [-0.1, -0.05) is 13.3 Å². The lowest BCUT2D eigenvalue weighted by Crippen LogP contribution is -2.42. The van der Waals surface area contributed by atoms with Gasteiger partial charge in [0.2, 0.25) is 0 Å². The number of nitrogens with zero attached hydrogens (tertiary/aromatic N) is 1. The highest BCUT2D eigenvalue weighted by Crippen LogP contribution is 2.14. The lowest BCUT2D eigenvalue weighted by atomic mass is 9.98. The smallest absolute Gasteiger partial charge is 0.0615 e. The fourth-order valence-electron chi connectivity index (χ4n) is 2.57. The van der Waals surface area contributed by atoms with Crippen molar-refractivity contribution in [1.82, 2.24) is 10.2 Å². The van der Waals surface area contributed by atoms with E-state index in [2.05, 4.69) is 24.2 Å². The van der Waals surface area contributed by atoms with Crippen molar-refractivity contribution in [1.29, 1.82) is 0 Å². The van der Waals surface area contributed by atoms with Crippen LogP contribution in [-0.2, 0) is 4.74 Å². The number of methoxy groups -OCH3 is 1. The van der Waals surface area contributed by atoms with Crippen LogP contribution in [0.15, 0.2) is 0 Å². The fourth-order valence-corrected chi connectivity index (χ4v) is 2.57. The molecule has 0 aromatic carbocycles. The van der Waals surface area contributed by atoms with Crippen LogP contribution in [0.1, 0.15) is 32.6 Å². The van der Waals surface area contributed by atoms with Crippen molar-refractivity contribution in [2.45, 2.75) is 38.6 Å². The molecule has 0 aromatic rings. The van der Waals surface area contributed by atoms with Crippen molar-refractivity contribution in [3.63, 3.8) is 0 Å². The highest BCUT2D eigenvalue weighted by atomic mass is 16.5. The highest BCUT2D eigenvalue weighted by molar-refractivity contribution is 4.75. The van der Waals surface area contributed by atoms with E-state index in [1.54, 1.807) is 7.11 Å². The predicted molar refractivity (Wildman–Crippen MR) is 68.8 cm³/mol. The van der Waals surface area contributed by atoms with Gasteiger partial charge in [-0.2, -0.15) is 0 Å². The van der Waals surface area contributed by atoms with E-state index >= 15 is 0 Å². The molecule has 3 heteroatoms. The molecule has 1 fully saturated rings. The van der Waals surface area contributed by atoms with Gasteiger partial charge in [0, 0.05) is 19.7 Å². The second-order valence-electron chi connectivity index (χ2n) is 5.12. The Morgan fingerprint density at radius 3 is 2.94 bits per heavy atom. The summed E-state index contributed by atoms with van der Waals surface area (Å²) in [5, 5.41) is 3.66. The number of likely N-dealkylation sites (tertiary alicyclic amines) is 1. The molecule has 1 N–H and O–H groups in total. The number of hydrogen-bond donors (Lipinski definition) is 1. The molecule has 1 rings (SSSR count). The first-order valence-electron chi connectivity index (χ1n) is 6.67. The minimum atomic E-state index is 0.544. The van der Waals surface area contributed by atoms with Crippen molar-refractivity contribution in [3.8, 4) is 0 Å². The summed E-state index contributed by atoms with van der Waals surface area (Å²) in [6.07, 6.45) is 5.18. The van der Waals surface area contributed by atoms with E-state index in [9.17, 15) is 0 Å². The molecule has 1 saturated heterocycles. The average molecular weight is 228 g/mol. The van der Waals surface area contributed by atoms with Crippen LogP contribution >= 0.6 is 0 Å². The number of nitrogens with one attached hydrogen (secondary N) is 1. The van der Waals surface area contributed by atoms with Gasteiger partial charge in [0.1, 0.15) is 0 Å². The van der Waals surface area contributed by atoms with Crippen molar-refractivity contribution in [2.24, 2.45) is 5.92 Å². The maximum atomic E-state index is 5.24. The van der Waals surface area contributed by atoms with Crippen LogP contribution in [0.2, 0.25) is 0 Å². The highest BCUT2D eigenvalue weighted by Gasteiger charge is 2.18. The second kappa shape index (κ2) is 8.04. The lowest BCUT2D eigenvalue weighted by Gasteiger charge is -2.31. The Kier molecular flexibility index (Phi) is 7.01. The van der Waals surface area contributed by atoms with Gasteiger partial charge in [0.25, 0.3) is 0 Å². The molecule has 0 aliphatic carbocycles. The normalized spacial score (nSPS) is 24.6. The summed E-state index contributed by atoms with van der Waals surface area (Å²) in [6, 6.07) is 0.544. The van der Waals surface area contributed by atoms with Gasteiger partial charge in [0.15, 0.2) is 0 Å². The van der Waals surface area contributed by atoms with Crippen LogP contribution in [0, 0.1) is 5.92 Å². The molecule has 1 aliphatic heterocycles. The number of ether oxygens (including phenoxy) is 1. The monoisotopic (exact) mass is 228 g/mol. The van der Waals surface area contributed by atoms with Crippen LogP contribution in [0.3, 0.4) is 0 Å². The third-order valence-electron chi connectivity index (χ3n) is 3.42. The molecule has 1 aliphatic rings. The van der Waals surface area contributed by atoms with Crippen molar-refractivity contribution in [2.75, 3.05) is 40.4 Å². The Labute approximate surface area is 101 Å². The van der Waals surface area contributed by atoms with Crippen LogP contribution in [0.25, 0.3) is 0 Å². The summed E-state index contributed by atoms with van der Waals surface area (Å²) < 4.78 is 5.24. The van der Waals surface area contributed by atoms with Gasteiger partial charge >= 0.3 is 0 Å². The quantitative estimate of drug-likeness (QED) is 0.718. The second-order valence-corrected chi connectivity index (χ2v) is 5.12. The zero-order valence-electron chi connectivity index (χ0n) is 11.2. The Morgan fingerprint density at radius 1 is 1.50 bits per heavy atom. The zero-order valence-corrected chi connectivity index (χ0v) is 11.2. The first kappa shape index (κ1) is 13.9. The summed E-state index contributed by atoms with van der Waals surface area (Å²) in [6.45, 7) is 6.75. The number of piperidine rings is 1. The van der Waals surface area contributed by atoms with Crippen molar-refractivity contribution < 1.29 is 4.74 Å². The Balaban J connectivity index is 2.19. The summed E-state index contributed by atoms with van der Waals surface area (Å²) in [5.74, 6) is 0.829. The minimum absolute atomic E-state index is 0.544. The maximum absolute atomic E-state index is 5.24. The lowest BCUT2D eigenvalue weighted by molar-refractivity contribution is 0.150. The first-order chi connectivity index (χ1) is 7.76. The van der Waals surface area contributed by atoms with E-state index < -0.39 is 0 Å². The van der Waals surface area contributed by atoms with E-state index in [1.165, 1.54) is 38.8 Å². The standard InChI is InChI=1S/C13H28N2O/c1-4-6-13(11-16-3)14-9-12-7-5-8-15(2)10-12/h12-14H,4-11H2,1-3H3. The average Bonchev–Trinajstić information content (AvgIpc) is 2.27. The van der Waals surface area contributed by atoms with Crippen LogP contribution < -0.4 is 5.32 Å². The van der Waals surface area contributed by atoms with Crippen LogP contribution in [0.4, 0.5) is 0 Å². The number of rotatable bonds is 7. The van der Waals surface area contributed by atoms with Gasteiger partial charge < -0.3 is 15.0 Å². The molecular weight excluding hydrogens is 200 g/mol. The van der Waals surface area contributed by atoms with Gasteiger partial charge in [-0.3, -0.25) is 0 Å². The molecule has 2 unspecified atom stereocenters. The molecule has 1 heterocycles. The molecule has 0 saturated carbocycles. The van der Waals surface area contributed by atoms with Gasteiger partial charge in [-0.25, -0.2) is 0 Å². The van der Waals surface area contributed by atoms with Gasteiger partial charge in [-0.05, 0) is 45.3 Å². The Hall–Kier alpha value is -0.120. The van der Waals surface area contributed by atoms with Gasteiger partial charge in [0.05, 0.1) is 6.61 Å². The van der Waals surface area contributed by atoms with E-state index in [-0.39, 0.29) is 0 Å². The molecule has 0 radical (unpaired) electrons. The molecule has 16 heavy (non-hydrogen) atoms. The molecule has 0 aromatic heterocycles. The van der Waals surface area contributed by atoms with E-state index in [4.69, 9.17) is 4.74 Å². The molecule has 0 spiro atoms. The molecule has 96 valence electrons. The molecule has 0 bridgehead atoms. The largest absolute Gasteiger partial charge is 0.383 e. The Bertz CT molecular complexity index is 165. The molecule has 0 amide bonds. The van der Waals surface area contributed by atoms with Crippen LogP contribution in [0.5, 0.6) is 0 Å². The third-order valence-corrected chi connectivity index (χ3v) is 3.42. The van der Waals surface area contributed by atoms with Crippen molar-refractivity contribution >= 4 is 0 Å². The SMILES string of the molecule is CCCC(COC)NCC1CCCN(C)C1. The Morgan fingerprint density at radius 2 is 2.31 bits per heavy atom. The summed E-state index contributed by atoms with van der Waals surface area (Å²) in [5.41, 5.74) is 0. The maximum Gasteiger partial charge on any atom is 0.0615 e. The topological polar surface area (TPSA) is 24.5 Å². The van der Waals surface area contributed by atoms with E-state index in [0.29, 0.717) is 6.04 Å². The molecular formula is C13H28N2O. The zero-order chi connectivity index (χ0) is 11.8. The van der Waals surface area contributed by atoms with Gasteiger partial charge in [-0.15, -0.1) is 0 Å². The predicted octanol–water partition coefficient (Wildman–Crippen LogP) is 1.73. The summed E-state index contributed by atoms with van der Waals surface area (Å²) in [7, 11) is 4.02. The first-order valence-corrected chi connectivity index (χ1v) is 6.67. The van der Waals surface area contributed by atoms with Crippen molar-refractivity contribution in [3.05, 3.63) is 0 Å². The van der Waals surface area contributed by atoms with E-state index in [0.717, 1.165) is 19.1 Å². The fraction of sp³-hybridized carbons (Fsp3) is 1.00. The third kappa shape index (κ3) is 5.28. The van der Waals surface area contributed by atoms with Crippen LogP contribution in [-0.4, -0.2) is 51.3 Å². The minimum Gasteiger partial charge on any atom is -0.383 e. The summed E-state index contributed by atoms with van der Waals surface area (Å²) >= 11 is 0. The molecule has 2 atom stereocenters. The molecule has 3 nitrogen and oxygen atoms in total.